The largest absolute Gasteiger partial charge is 0.370 e. The lowest BCUT2D eigenvalue weighted by Gasteiger charge is -2.12. The van der Waals surface area contributed by atoms with Crippen molar-refractivity contribution in [1.29, 1.82) is 0 Å². The molecule has 3 nitrogen and oxygen atoms in total. The molecule has 98 valence electrons. The zero-order chi connectivity index (χ0) is 13.2. The number of nitrogens with zero attached hydrogens (tertiary/aromatic N) is 2. The molecule has 5 heteroatoms. The molecular formula is C14H12BrClN2O. The molecule has 0 amide bonds. The molecule has 1 aliphatic rings. The summed E-state index contributed by atoms with van der Waals surface area (Å²) < 4.78 is 6.35. The molecule has 0 spiro atoms. The third-order valence-corrected chi connectivity index (χ3v) is 4.35. The van der Waals surface area contributed by atoms with E-state index in [9.17, 15) is 0 Å². The summed E-state index contributed by atoms with van der Waals surface area (Å²) in [5.41, 5.74) is 1.82. The Bertz CT molecular complexity index is 585. The minimum Gasteiger partial charge on any atom is -0.370 e. The quantitative estimate of drug-likeness (QED) is 0.760. The Labute approximate surface area is 125 Å². The third kappa shape index (κ3) is 2.66. The summed E-state index contributed by atoms with van der Waals surface area (Å²) in [7, 11) is 0. The van der Waals surface area contributed by atoms with Crippen LogP contribution in [0.4, 0.5) is 0 Å². The van der Waals surface area contributed by atoms with E-state index in [0.29, 0.717) is 11.0 Å². The first-order valence-electron chi connectivity index (χ1n) is 6.15. The monoisotopic (exact) mass is 338 g/mol. The summed E-state index contributed by atoms with van der Waals surface area (Å²) in [6.45, 7) is 0.766. The highest BCUT2D eigenvalue weighted by Crippen LogP contribution is 2.34. The molecule has 1 atom stereocenters. The van der Waals surface area contributed by atoms with Crippen LogP contribution >= 0.6 is 27.5 Å². The maximum absolute atomic E-state index is 6.19. The first-order chi connectivity index (χ1) is 9.25. The van der Waals surface area contributed by atoms with Crippen molar-refractivity contribution in [2.75, 3.05) is 6.61 Å². The second-order valence-electron chi connectivity index (χ2n) is 4.40. The van der Waals surface area contributed by atoms with Gasteiger partial charge in [0, 0.05) is 12.2 Å². The van der Waals surface area contributed by atoms with Crippen LogP contribution in [0.15, 0.2) is 34.8 Å². The van der Waals surface area contributed by atoms with Crippen molar-refractivity contribution in [1.82, 2.24) is 9.97 Å². The van der Waals surface area contributed by atoms with E-state index in [0.717, 1.165) is 35.2 Å². The maximum Gasteiger partial charge on any atom is 0.159 e. The van der Waals surface area contributed by atoms with E-state index in [1.165, 1.54) is 0 Å². The summed E-state index contributed by atoms with van der Waals surface area (Å²) in [5, 5.41) is 0.430. The molecule has 0 aliphatic carbocycles. The van der Waals surface area contributed by atoms with E-state index in [1.54, 1.807) is 0 Å². The van der Waals surface area contributed by atoms with Crippen LogP contribution in [0.2, 0.25) is 5.15 Å². The van der Waals surface area contributed by atoms with Crippen molar-refractivity contribution in [2.45, 2.75) is 18.9 Å². The predicted molar refractivity (Wildman–Crippen MR) is 78.1 cm³/mol. The summed E-state index contributed by atoms with van der Waals surface area (Å²) in [4.78, 5) is 8.94. The van der Waals surface area contributed by atoms with Gasteiger partial charge >= 0.3 is 0 Å². The van der Waals surface area contributed by atoms with Crippen LogP contribution in [0.3, 0.4) is 0 Å². The average molecular weight is 340 g/mol. The Kier molecular flexibility index (Phi) is 3.82. The third-order valence-electron chi connectivity index (χ3n) is 3.09. The van der Waals surface area contributed by atoms with Gasteiger partial charge in [0.25, 0.3) is 0 Å². The number of hydrogen-bond donors (Lipinski definition) is 0. The lowest BCUT2D eigenvalue weighted by Crippen LogP contribution is -2.05. The van der Waals surface area contributed by atoms with E-state index < -0.39 is 0 Å². The fourth-order valence-electron chi connectivity index (χ4n) is 2.15. The lowest BCUT2D eigenvalue weighted by atomic mass is 10.1. The lowest BCUT2D eigenvalue weighted by molar-refractivity contribution is 0.105. The van der Waals surface area contributed by atoms with Crippen molar-refractivity contribution in [3.05, 3.63) is 45.8 Å². The van der Waals surface area contributed by atoms with E-state index in [4.69, 9.17) is 16.3 Å². The van der Waals surface area contributed by atoms with Gasteiger partial charge in [-0.05, 0) is 28.8 Å². The van der Waals surface area contributed by atoms with Crippen LogP contribution in [0.25, 0.3) is 11.3 Å². The average Bonchev–Trinajstić information content (AvgIpc) is 2.97. The van der Waals surface area contributed by atoms with Gasteiger partial charge in [-0.3, -0.25) is 0 Å². The molecule has 1 unspecified atom stereocenters. The molecule has 19 heavy (non-hydrogen) atoms. The number of hydrogen-bond acceptors (Lipinski definition) is 3. The minimum absolute atomic E-state index is 0.0342. The Morgan fingerprint density at radius 3 is 2.68 bits per heavy atom. The Hall–Kier alpha value is -0.970. The molecule has 3 rings (SSSR count). The van der Waals surface area contributed by atoms with E-state index >= 15 is 0 Å². The standard InChI is InChI=1S/C14H12BrClN2O/c15-11-12(9-5-2-1-3-6-9)17-14(18-13(11)16)10-7-4-8-19-10/h1-3,5-6,10H,4,7-8H2. The van der Waals surface area contributed by atoms with E-state index in [1.807, 2.05) is 30.3 Å². The zero-order valence-electron chi connectivity index (χ0n) is 10.1. The van der Waals surface area contributed by atoms with Gasteiger partial charge in [0.05, 0.1) is 10.2 Å². The summed E-state index contributed by atoms with van der Waals surface area (Å²) in [6.07, 6.45) is 1.96. The molecule has 1 aliphatic heterocycles. The van der Waals surface area contributed by atoms with Crippen molar-refractivity contribution < 1.29 is 4.74 Å². The molecule has 0 bridgehead atoms. The Morgan fingerprint density at radius 1 is 1.21 bits per heavy atom. The highest BCUT2D eigenvalue weighted by molar-refractivity contribution is 9.10. The SMILES string of the molecule is Clc1nc(C2CCCO2)nc(-c2ccccc2)c1Br. The molecule has 1 aromatic heterocycles. The number of halogens is 2. The topological polar surface area (TPSA) is 35.0 Å². The summed E-state index contributed by atoms with van der Waals surface area (Å²) in [5.74, 6) is 0.671. The van der Waals surface area contributed by atoms with E-state index in [-0.39, 0.29) is 6.10 Å². The van der Waals surface area contributed by atoms with Crippen LogP contribution in [0, 0.1) is 0 Å². The zero-order valence-corrected chi connectivity index (χ0v) is 12.5. The van der Waals surface area contributed by atoms with Gasteiger partial charge in [-0.1, -0.05) is 41.9 Å². The van der Waals surface area contributed by atoms with Gasteiger partial charge < -0.3 is 4.74 Å². The van der Waals surface area contributed by atoms with Crippen LogP contribution in [0.1, 0.15) is 24.8 Å². The second kappa shape index (κ2) is 5.57. The molecule has 0 N–H and O–H groups in total. The van der Waals surface area contributed by atoms with Gasteiger partial charge in [0.2, 0.25) is 0 Å². The molecule has 1 fully saturated rings. The molecule has 0 radical (unpaired) electrons. The number of benzene rings is 1. The smallest absolute Gasteiger partial charge is 0.159 e. The van der Waals surface area contributed by atoms with E-state index in [2.05, 4.69) is 25.9 Å². The molecule has 2 aromatic rings. The highest BCUT2D eigenvalue weighted by Gasteiger charge is 2.23. The van der Waals surface area contributed by atoms with Gasteiger partial charge in [0.15, 0.2) is 5.82 Å². The summed E-state index contributed by atoms with van der Waals surface area (Å²) in [6, 6.07) is 9.93. The normalized spacial score (nSPS) is 18.7. The van der Waals surface area contributed by atoms with Gasteiger partial charge in [-0.15, -0.1) is 0 Å². The molecule has 1 aromatic carbocycles. The van der Waals surface area contributed by atoms with Crippen LogP contribution < -0.4 is 0 Å². The predicted octanol–water partition coefficient (Wildman–Crippen LogP) is 4.41. The minimum atomic E-state index is -0.0342. The first-order valence-corrected chi connectivity index (χ1v) is 7.33. The molecule has 2 heterocycles. The second-order valence-corrected chi connectivity index (χ2v) is 5.55. The van der Waals surface area contributed by atoms with Crippen LogP contribution in [0.5, 0.6) is 0 Å². The summed E-state index contributed by atoms with van der Waals surface area (Å²) >= 11 is 9.66. The number of rotatable bonds is 2. The van der Waals surface area contributed by atoms with Crippen molar-refractivity contribution in [3.63, 3.8) is 0 Å². The van der Waals surface area contributed by atoms with Crippen molar-refractivity contribution in [3.8, 4) is 11.3 Å². The fraction of sp³-hybridized carbons (Fsp3) is 0.286. The Balaban J connectivity index is 2.08. The Morgan fingerprint density at radius 2 is 2.00 bits per heavy atom. The number of aromatic nitrogens is 2. The molecule has 0 saturated carbocycles. The first kappa shape index (κ1) is 13.0. The van der Waals surface area contributed by atoms with Crippen LogP contribution in [-0.2, 0) is 4.74 Å². The van der Waals surface area contributed by atoms with Gasteiger partial charge in [-0.2, -0.15) is 0 Å². The fourth-order valence-corrected chi connectivity index (χ4v) is 2.73. The molecular weight excluding hydrogens is 328 g/mol. The van der Waals surface area contributed by atoms with Crippen LogP contribution in [-0.4, -0.2) is 16.6 Å². The highest BCUT2D eigenvalue weighted by atomic mass is 79.9. The van der Waals surface area contributed by atoms with Gasteiger partial charge in [-0.25, -0.2) is 9.97 Å². The van der Waals surface area contributed by atoms with Crippen molar-refractivity contribution >= 4 is 27.5 Å². The van der Waals surface area contributed by atoms with Crippen molar-refractivity contribution in [2.24, 2.45) is 0 Å². The molecule has 1 saturated heterocycles. The number of ether oxygens (including phenoxy) is 1. The van der Waals surface area contributed by atoms with Gasteiger partial charge in [0.1, 0.15) is 11.3 Å². The maximum atomic E-state index is 6.19.